The molecule has 0 saturated heterocycles. The van der Waals surface area contributed by atoms with E-state index in [4.69, 9.17) is 0 Å². The van der Waals surface area contributed by atoms with Gasteiger partial charge < -0.3 is 0 Å². The van der Waals surface area contributed by atoms with Crippen LogP contribution in [0.5, 0.6) is 0 Å². The first-order valence-corrected chi connectivity index (χ1v) is 11.2. The summed E-state index contributed by atoms with van der Waals surface area (Å²) in [5.41, 5.74) is 0. The van der Waals surface area contributed by atoms with E-state index in [-0.39, 0.29) is 17.9 Å². The van der Waals surface area contributed by atoms with Crippen molar-refractivity contribution in [1.82, 2.24) is 5.32 Å². The molecule has 1 atom stereocenters. The number of nitrogens with one attached hydrogen (secondary N) is 1. The predicted molar refractivity (Wildman–Crippen MR) is 103 cm³/mol. The molecule has 0 aliphatic rings. The van der Waals surface area contributed by atoms with Crippen LogP contribution < -0.4 is 9.78 Å². The average Bonchev–Trinajstić information content (AvgIpc) is 2.61. The molecule has 1 N–H and O–H groups in total. The third-order valence-corrected chi connectivity index (χ3v) is 6.48. The van der Waals surface area contributed by atoms with Crippen LogP contribution in [0.2, 0.25) is 5.32 Å². The summed E-state index contributed by atoms with van der Waals surface area (Å²) in [5.74, 6) is -0.0462. The quantitative estimate of drug-likeness (QED) is 0.308. The van der Waals surface area contributed by atoms with Crippen LogP contribution in [0.1, 0.15) is 58.3 Å². The Morgan fingerprint density at radius 1 is 1.04 bits per heavy atom. The third-order valence-electron chi connectivity index (χ3n) is 4.01. The number of esters is 1. The number of carbonyl (C=O) groups is 2. The van der Waals surface area contributed by atoms with Gasteiger partial charge in [-0.2, -0.15) is 0 Å². The first-order valence-electron chi connectivity index (χ1n) is 9.13. The summed E-state index contributed by atoms with van der Waals surface area (Å²) >= 11 is 0.405. The van der Waals surface area contributed by atoms with Crippen molar-refractivity contribution < 1.29 is 14.3 Å². The molecule has 1 rings (SSSR count). The molecule has 0 fully saturated rings. The molecule has 4 nitrogen and oxygen atoms in total. The summed E-state index contributed by atoms with van der Waals surface area (Å²) in [6.07, 6.45) is 8.27. The van der Waals surface area contributed by atoms with Crippen LogP contribution in [0, 0.1) is 0 Å². The van der Waals surface area contributed by atoms with Crippen LogP contribution in [0.3, 0.4) is 0 Å². The summed E-state index contributed by atoms with van der Waals surface area (Å²) in [7, 11) is 1.44. The summed E-state index contributed by atoms with van der Waals surface area (Å²) in [6.45, 7) is 1.60. The molecule has 1 unspecified atom stereocenters. The summed E-state index contributed by atoms with van der Waals surface area (Å²) in [6, 6.07) is 10.8. The van der Waals surface area contributed by atoms with E-state index in [2.05, 4.69) is 34.3 Å². The molecular formula is C20H31NO3Se. The molecule has 1 aromatic carbocycles. The van der Waals surface area contributed by atoms with Gasteiger partial charge in [0.05, 0.1) is 7.11 Å². The second-order valence-corrected chi connectivity index (χ2v) is 8.55. The molecule has 1 aromatic rings. The third kappa shape index (κ3) is 11.8. The number of hydrogen-bond donors (Lipinski definition) is 1. The molecule has 0 radical (unpaired) electrons. The van der Waals surface area contributed by atoms with Gasteiger partial charge in [0.25, 0.3) is 0 Å². The van der Waals surface area contributed by atoms with Crippen LogP contribution in [0.4, 0.5) is 0 Å². The molecule has 0 saturated carbocycles. The average molecular weight is 412 g/mol. The van der Waals surface area contributed by atoms with E-state index in [0.717, 1.165) is 37.4 Å². The first-order chi connectivity index (χ1) is 12.1. The van der Waals surface area contributed by atoms with Crippen molar-refractivity contribution in [2.75, 3.05) is 7.11 Å². The van der Waals surface area contributed by atoms with Gasteiger partial charge in [0.2, 0.25) is 0 Å². The Morgan fingerprint density at radius 3 is 2.32 bits per heavy atom. The number of benzene rings is 1. The minimum absolute atomic E-state index is 0.0664. The molecule has 5 heteroatoms. The Kier molecular flexibility index (Phi) is 12.1. The Morgan fingerprint density at radius 2 is 1.68 bits per heavy atom. The van der Waals surface area contributed by atoms with E-state index in [1.54, 1.807) is 6.92 Å². The van der Waals surface area contributed by atoms with Crippen molar-refractivity contribution in [3.05, 3.63) is 30.3 Å². The molecule has 140 valence electrons. The van der Waals surface area contributed by atoms with Crippen molar-refractivity contribution >= 4 is 31.3 Å². The normalized spacial score (nSPS) is 11.8. The van der Waals surface area contributed by atoms with E-state index in [0.29, 0.717) is 21.4 Å². The maximum atomic E-state index is 11.4. The monoisotopic (exact) mass is 413 g/mol. The number of methoxy groups -OCH3 is 1. The SMILES string of the molecule is COC(=O)CCCCCCCCC(C[Se]c1ccccc1)NC(C)=O. The molecule has 1 amide bonds. The molecule has 0 heterocycles. The van der Waals surface area contributed by atoms with Crippen molar-refractivity contribution in [2.24, 2.45) is 0 Å². The van der Waals surface area contributed by atoms with E-state index in [9.17, 15) is 9.59 Å². The number of unbranched alkanes of at least 4 members (excludes halogenated alkanes) is 5. The van der Waals surface area contributed by atoms with Gasteiger partial charge in [0.15, 0.2) is 0 Å². The molecule has 25 heavy (non-hydrogen) atoms. The fraction of sp³-hybridized carbons (Fsp3) is 0.600. The van der Waals surface area contributed by atoms with Gasteiger partial charge in [-0.15, -0.1) is 0 Å². The molecule has 0 aliphatic heterocycles. The van der Waals surface area contributed by atoms with Crippen LogP contribution in [0.25, 0.3) is 0 Å². The zero-order valence-corrected chi connectivity index (χ0v) is 17.2. The Hall–Kier alpha value is -1.32. The van der Waals surface area contributed by atoms with Crippen LogP contribution >= 0.6 is 0 Å². The van der Waals surface area contributed by atoms with E-state index < -0.39 is 0 Å². The predicted octanol–water partition coefficient (Wildman–Crippen LogP) is 3.23. The van der Waals surface area contributed by atoms with Crippen molar-refractivity contribution in [3.63, 3.8) is 0 Å². The number of rotatable bonds is 13. The molecule has 0 aliphatic carbocycles. The van der Waals surface area contributed by atoms with Crippen molar-refractivity contribution in [3.8, 4) is 0 Å². The van der Waals surface area contributed by atoms with Gasteiger partial charge in [0, 0.05) is 0 Å². The van der Waals surface area contributed by atoms with E-state index in [1.165, 1.54) is 24.4 Å². The van der Waals surface area contributed by atoms with Gasteiger partial charge in [0.1, 0.15) is 0 Å². The van der Waals surface area contributed by atoms with Gasteiger partial charge in [-0.25, -0.2) is 0 Å². The fourth-order valence-electron chi connectivity index (χ4n) is 2.67. The number of hydrogen-bond acceptors (Lipinski definition) is 3. The number of carbonyl (C=O) groups excluding carboxylic acids is 2. The number of amides is 1. The van der Waals surface area contributed by atoms with Gasteiger partial charge in [-0.1, -0.05) is 0 Å². The summed E-state index contributed by atoms with van der Waals surface area (Å²) < 4.78 is 6.02. The van der Waals surface area contributed by atoms with Crippen LogP contribution in [-0.4, -0.2) is 40.0 Å². The zero-order chi connectivity index (χ0) is 18.3. The van der Waals surface area contributed by atoms with Gasteiger partial charge >= 0.3 is 151 Å². The van der Waals surface area contributed by atoms with Crippen LogP contribution in [-0.2, 0) is 14.3 Å². The summed E-state index contributed by atoms with van der Waals surface area (Å²) in [5, 5.41) is 4.16. The Balaban J connectivity index is 2.14. The van der Waals surface area contributed by atoms with E-state index >= 15 is 0 Å². The zero-order valence-electron chi connectivity index (χ0n) is 15.5. The van der Waals surface area contributed by atoms with Crippen molar-refractivity contribution in [1.29, 1.82) is 0 Å². The molecule has 0 spiro atoms. The molecular weight excluding hydrogens is 381 g/mol. The van der Waals surface area contributed by atoms with Gasteiger partial charge in [-0.3, -0.25) is 0 Å². The maximum absolute atomic E-state index is 11.4. The second-order valence-electron chi connectivity index (χ2n) is 6.26. The molecule has 0 aromatic heterocycles. The summed E-state index contributed by atoms with van der Waals surface area (Å²) in [4.78, 5) is 22.4. The standard InChI is InChI=1S/C20H31NO3Se/c1-17(22)21-18(16-25-19-13-9-7-10-14-19)12-8-5-3-4-6-11-15-20(23)24-2/h7,9-10,13-14,18H,3-6,8,11-12,15-16H2,1-2H3,(H,21,22). The second kappa shape index (κ2) is 13.9. The van der Waals surface area contributed by atoms with Crippen molar-refractivity contribution in [2.45, 2.75) is 69.7 Å². The van der Waals surface area contributed by atoms with Gasteiger partial charge in [-0.05, 0) is 0 Å². The molecule has 0 bridgehead atoms. The minimum atomic E-state index is -0.113. The fourth-order valence-corrected chi connectivity index (χ4v) is 4.75. The topological polar surface area (TPSA) is 55.4 Å². The Bertz CT molecular complexity index is 493. The Labute approximate surface area is 158 Å². The van der Waals surface area contributed by atoms with E-state index in [1.807, 2.05) is 6.07 Å². The van der Waals surface area contributed by atoms with Crippen LogP contribution in [0.15, 0.2) is 30.3 Å². The first kappa shape index (κ1) is 21.7. The number of ether oxygens (including phenoxy) is 1.